The highest BCUT2D eigenvalue weighted by Gasteiger charge is 2.30. The molecule has 1 aliphatic heterocycles. The Hall–Kier alpha value is -2.87. The topological polar surface area (TPSA) is 87.5 Å². The van der Waals surface area contributed by atoms with E-state index in [2.05, 4.69) is 25.7 Å². The lowest BCUT2D eigenvalue weighted by Crippen LogP contribution is -2.39. The minimum Gasteiger partial charge on any atom is -0.353 e. The predicted octanol–water partition coefficient (Wildman–Crippen LogP) is 3.06. The zero-order chi connectivity index (χ0) is 19.1. The first kappa shape index (κ1) is 17.2. The molecule has 3 aromatic rings. The van der Waals surface area contributed by atoms with Gasteiger partial charge in [-0.3, -0.25) is 0 Å². The molecule has 1 atom stereocenters. The lowest BCUT2D eigenvalue weighted by Gasteiger charge is -2.18. The van der Waals surface area contributed by atoms with Crippen LogP contribution in [0.1, 0.15) is 31.0 Å². The first-order valence-electron chi connectivity index (χ1n) is 9.46. The van der Waals surface area contributed by atoms with Crippen molar-refractivity contribution in [2.45, 2.75) is 31.2 Å². The summed E-state index contributed by atoms with van der Waals surface area (Å²) in [6.07, 6.45) is 3.18. The maximum atomic E-state index is 12.3. The number of nitrogens with zero attached hydrogens (tertiary/aromatic N) is 5. The zero-order valence-corrected chi connectivity index (χ0v) is 15.9. The number of benzene rings is 1. The van der Waals surface area contributed by atoms with E-state index in [1.54, 1.807) is 24.3 Å². The fourth-order valence-electron chi connectivity index (χ4n) is 3.53. The van der Waals surface area contributed by atoms with Gasteiger partial charge in [0.1, 0.15) is 5.82 Å². The van der Waals surface area contributed by atoms with Gasteiger partial charge in [-0.25, -0.2) is 4.79 Å². The molecule has 0 spiro atoms. The fourth-order valence-corrected chi connectivity index (χ4v) is 3.66. The van der Waals surface area contributed by atoms with Crippen molar-refractivity contribution in [2.75, 3.05) is 23.3 Å². The molecule has 1 aliphatic carbocycles. The van der Waals surface area contributed by atoms with E-state index in [9.17, 15) is 4.79 Å². The van der Waals surface area contributed by atoms with Crippen LogP contribution in [0.5, 0.6) is 0 Å². The van der Waals surface area contributed by atoms with Crippen molar-refractivity contribution in [3.63, 3.8) is 0 Å². The van der Waals surface area contributed by atoms with Gasteiger partial charge in [0.25, 0.3) is 0 Å². The summed E-state index contributed by atoms with van der Waals surface area (Å²) in [5.74, 6) is 2.33. The molecule has 0 radical (unpaired) electrons. The summed E-state index contributed by atoms with van der Waals surface area (Å²) in [7, 11) is 0. The molecule has 1 saturated heterocycles. The smallest absolute Gasteiger partial charge is 0.319 e. The molecule has 2 fully saturated rings. The molecule has 1 saturated carbocycles. The van der Waals surface area contributed by atoms with Gasteiger partial charge in [0.05, 0.1) is 0 Å². The summed E-state index contributed by atoms with van der Waals surface area (Å²) in [6.45, 7) is 1.55. The number of urea groups is 1. The molecule has 28 heavy (non-hydrogen) atoms. The molecule has 1 aromatic carbocycles. The van der Waals surface area contributed by atoms with Gasteiger partial charge < -0.3 is 15.5 Å². The molecular weight excluding hydrogens is 378 g/mol. The summed E-state index contributed by atoms with van der Waals surface area (Å²) in [4.78, 5) is 14.4. The van der Waals surface area contributed by atoms with Crippen molar-refractivity contribution >= 4 is 34.8 Å². The summed E-state index contributed by atoms with van der Waals surface area (Å²) < 4.78 is 1.86. The molecule has 2 amide bonds. The van der Waals surface area contributed by atoms with Crippen LogP contribution < -0.4 is 15.5 Å². The zero-order valence-electron chi connectivity index (χ0n) is 15.2. The molecule has 2 aliphatic rings. The largest absolute Gasteiger partial charge is 0.353 e. The lowest BCUT2D eigenvalue weighted by molar-refractivity contribution is 0.249. The normalized spacial score (nSPS) is 19.2. The second kappa shape index (κ2) is 6.94. The standard InChI is InChI=1S/C19H20ClN7O/c20-13-3-5-14(6-4-13)21-19(28)22-15-9-10-26(11-15)17-8-7-16-23-24-18(12-1-2-12)27(16)25-17/h3-8,12,15H,1-2,9-11H2,(H2,21,22,28). The van der Waals surface area contributed by atoms with Crippen LogP contribution in [0.2, 0.25) is 5.02 Å². The maximum absolute atomic E-state index is 12.3. The van der Waals surface area contributed by atoms with Crippen LogP contribution >= 0.6 is 11.6 Å². The Labute approximate surface area is 166 Å². The van der Waals surface area contributed by atoms with Crippen LogP contribution in [0.3, 0.4) is 0 Å². The Morgan fingerprint density at radius 1 is 1.07 bits per heavy atom. The van der Waals surface area contributed by atoms with Gasteiger partial charge in [-0.15, -0.1) is 15.3 Å². The van der Waals surface area contributed by atoms with Crippen LogP contribution in [0.4, 0.5) is 16.3 Å². The lowest BCUT2D eigenvalue weighted by atomic mass is 10.3. The number of hydrogen-bond donors (Lipinski definition) is 2. The van der Waals surface area contributed by atoms with E-state index in [-0.39, 0.29) is 12.1 Å². The van der Waals surface area contributed by atoms with Crippen molar-refractivity contribution in [3.8, 4) is 0 Å². The number of amides is 2. The summed E-state index contributed by atoms with van der Waals surface area (Å²) >= 11 is 5.87. The molecular formula is C19H20ClN7O. The Bertz CT molecular complexity index is 1010. The van der Waals surface area contributed by atoms with Crippen LogP contribution in [-0.4, -0.2) is 45.0 Å². The third kappa shape index (κ3) is 3.47. The minimum atomic E-state index is -0.215. The minimum absolute atomic E-state index is 0.0635. The van der Waals surface area contributed by atoms with Crippen molar-refractivity contribution in [1.29, 1.82) is 0 Å². The highest BCUT2D eigenvalue weighted by Crippen LogP contribution is 2.38. The molecule has 2 N–H and O–H groups in total. The Kier molecular flexibility index (Phi) is 4.27. The fraction of sp³-hybridized carbons (Fsp3) is 0.368. The Balaban J connectivity index is 1.23. The van der Waals surface area contributed by atoms with Crippen LogP contribution in [0.25, 0.3) is 5.65 Å². The van der Waals surface area contributed by atoms with Gasteiger partial charge in [0.2, 0.25) is 0 Å². The third-order valence-electron chi connectivity index (χ3n) is 5.16. The van der Waals surface area contributed by atoms with Crippen LogP contribution in [-0.2, 0) is 0 Å². The van der Waals surface area contributed by atoms with Gasteiger partial charge >= 0.3 is 6.03 Å². The second-order valence-electron chi connectivity index (χ2n) is 7.33. The number of anilines is 2. The van der Waals surface area contributed by atoms with E-state index in [4.69, 9.17) is 16.7 Å². The molecule has 5 rings (SSSR count). The molecule has 8 nitrogen and oxygen atoms in total. The maximum Gasteiger partial charge on any atom is 0.319 e. The number of halogens is 1. The van der Waals surface area contributed by atoms with Crippen molar-refractivity contribution in [3.05, 3.63) is 47.2 Å². The quantitative estimate of drug-likeness (QED) is 0.706. The van der Waals surface area contributed by atoms with Crippen molar-refractivity contribution in [1.82, 2.24) is 25.1 Å². The van der Waals surface area contributed by atoms with Crippen LogP contribution in [0, 0.1) is 0 Å². The number of hydrogen-bond acceptors (Lipinski definition) is 5. The molecule has 9 heteroatoms. The van der Waals surface area contributed by atoms with E-state index >= 15 is 0 Å². The molecule has 2 aromatic heterocycles. The van der Waals surface area contributed by atoms with Crippen LogP contribution in [0.15, 0.2) is 36.4 Å². The van der Waals surface area contributed by atoms with E-state index < -0.39 is 0 Å². The predicted molar refractivity (Wildman–Crippen MR) is 107 cm³/mol. The molecule has 1 unspecified atom stereocenters. The average molecular weight is 398 g/mol. The summed E-state index contributed by atoms with van der Waals surface area (Å²) in [5.41, 5.74) is 1.49. The summed E-state index contributed by atoms with van der Waals surface area (Å²) in [5, 5.41) is 19.7. The van der Waals surface area contributed by atoms with Gasteiger partial charge in [-0.05, 0) is 55.7 Å². The average Bonchev–Trinajstić information content (AvgIpc) is 3.28. The molecule has 3 heterocycles. The highest BCUT2D eigenvalue weighted by atomic mass is 35.5. The second-order valence-corrected chi connectivity index (χ2v) is 7.77. The SMILES string of the molecule is O=C(Nc1ccc(Cl)cc1)NC1CCN(c2ccc3nnc(C4CC4)n3n2)C1. The van der Waals surface area contributed by atoms with Crippen molar-refractivity contribution < 1.29 is 4.79 Å². The highest BCUT2D eigenvalue weighted by molar-refractivity contribution is 6.30. The van der Waals surface area contributed by atoms with E-state index in [0.29, 0.717) is 23.2 Å². The van der Waals surface area contributed by atoms with Gasteiger partial charge in [-0.1, -0.05) is 11.6 Å². The Morgan fingerprint density at radius 2 is 1.89 bits per heavy atom. The number of fused-ring (bicyclic) bond motifs is 1. The Morgan fingerprint density at radius 3 is 2.68 bits per heavy atom. The molecule has 144 valence electrons. The third-order valence-corrected chi connectivity index (χ3v) is 5.42. The van der Waals surface area contributed by atoms with E-state index in [1.807, 2.05) is 16.6 Å². The van der Waals surface area contributed by atoms with Gasteiger partial charge in [0, 0.05) is 35.8 Å². The van der Waals surface area contributed by atoms with Gasteiger partial charge in [-0.2, -0.15) is 4.52 Å². The number of rotatable bonds is 4. The van der Waals surface area contributed by atoms with E-state index in [0.717, 1.165) is 43.1 Å². The summed E-state index contributed by atoms with van der Waals surface area (Å²) in [6, 6.07) is 10.8. The first-order chi connectivity index (χ1) is 13.7. The van der Waals surface area contributed by atoms with Gasteiger partial charge in [0.15, 0.2) is 11.5 Å². The monoisotopic (exact) mass is 397 g/mol. The van der Waals surface area contributed by atoms with Crippen molar-refractivity contribution in [2.24, 2.45) is 0 Å². The number of carbonyl (C=O) groups excluding carboxylic acids is 1. The first-order valence-corrected chi connectivity index (χ1v) is 9.84. The molecule has 0 bridgehead atoms. The number of carbonyl (C=O) groups is 1. The number of aromatic nitrogens is 4. The van der Waals surface area contributed by atoms with E-state index in [1.165, 1.54) is 0 Å². The number of nitrogens with one attached hydrogen (secondary N) is 2.